The Morgan fingerprint density at radius 1 is 1.20 bits per heavy atom. The molecule has 0 saturated heterocycles. The number of anilines is 1. The Hall–Kier alpha value is -2.58. The third-order valence-electron chi connectivity index (χ3n) is 3.83. The third kappa shape index (κ3) is 3.92. The zero-order valence-electron chi connectivity index (χ0n) is 13.5. The molecular formula is C17H18N2O5S. The average Bonchev–Trinajstić information content (AvgIpc) is 2.57. The molecule has 0 spiro atoms. The number of hydrogen-bond acceptors (Lipinski definition) is 5. The molecule has 25 heavy (non-hydrogen) atoms. The van der Waals surface area contributed by atoms with E-state index in [1.807, 2.05) is 0 Å². The first kappa shape index (κ1) is 17.2. The van der Waals surface area contributed by atoms with Crippen molar-refractivity contribution in [1.29, 1.82) is 0 Å². The molecular weight excluding hydrogens is 344 g/mol. The van der Waals surface area contributed by atoms with Crippen molar-refractivity contribution in [2.24, 2.45) is 0 Å². The van der Waals surface area contributed by atoms with E-state index in [-0.39, 0.29) is 23.1 Å². The fourth-order valence-corrected chi connectivity index (χ4v) is 3.49. The van der Waals surface area contributed by atoms with Gasteiger partial charge >= 0.3 is 0 Å². The summed E-state index contributed by atoms with van der Waals surface area (Å²) >= 11 is 0. The van der Waals surface area contributed by atoms with Gasteiger partial charge in [-0.2, -0.15) is 0 Å². The number of aromatic hydroxyl groups is 1. The van der Waals surface area contributed by atoms with E-state index in [1.54, 1.807) is 31.2 Å². The zero-order valence-corrected chi connectivity index (χ0v) is 14.3. The van der Waals surface area contributed by atoms with Crippen molar-refractivity contribution < 1.29 is 23.1 Å². The van der Waals surface area contributed by atoms with Crippen molar-refractivity contribution in [2.45, 2.75) is 24.3 Å². The second-order valence-corrected chi connectivity index (χ2v) is 7.49. The predicted octanol–water partition coefficient (Wildman–Crippen LogP) is 1.63. The van der Waals surface area contributed by atoms with Gasteiger partial charge in [-0.05, 0) is 49.2 Å². The highest BCUT2D eigenvalue weighted by Crippen LogP contribution is 2.31. The lowest BCUT2D eigenvalue weighted by Crippen LogP contribution is -2.34. The topological polar surface area (TPSA) is 105 Å². The molecule has 2 aromatic rings. The predicted molar refractivity (Wildman–Crippen MR) is 92.2 cm³/mol. The van der Waals surface area contributed by atoms with Crippen LogP contribution < -0.4 is 14.8 Å². The molecule has 0 bridgehead atoms. The maximum atomic E-state index is 12.4. The highest BCUT2D eigenvalue weighted by Gasteiger charge is 2.25. The lowest BCUT2D eigenvalue weighted by molar-refractivity contribution is -0.122. The number of benzene rings is 2. The van der Waals surface area contributed by atoms with E-state index < -0.39 is 16.1 Å². The van der Waals surface area contributed by atoms with Gasteiger partial charge in [0.25, 0.3) is 5.91 Å². The van der Waals surface area contributed by atoms with Crippen LogP contribution in [0.3, 0.4) is 0 Å². The van der Waals surface area contributed by atoms with Gasteiger partial charge in [-0.15, -0.1) is 0 Å². The quantitative estimate of drug-likeness (QED) is 0.750. The Morgan fingerprint density at radius 3 is 2.64 bits per heavy atom. The smallest absolute Gasteiger partial charge is 0.265 e. The van der Waals surface area contributed by atoms with Crippen LogP contribution in [-0.4, -0.2) is 32.1 Å². The number of ether oxygens (including phenoxy) is 1. The molecule has 0 radical (unpaired) electrons. The van der Waals surface area contributed by atoms with Crippen LogP contribution >= 0.6 is 0 Å². The van der Waals surface area contributed by atoms with Gasteiger partial charge in [-0.3, -0.25) is 4.79 Å². The highest BCUT2D eigenvalue weighted by molar-refractivity contribution is 7.89. The fourth-order valence-electron chi connectivity index (χ4n) is 2.43. The third-order valence-corrected chi connectivity index (χ3v) is 5.29. The van der Waals surface area contributed by atoms with E-state index >= 15 is 0 Å². The largest absolute Gasteiger partial charge is 0.508 e. The van der Waals surface area contributed by atoms with Crippen molar-refractivity contribution >= 4 is 21.6 Å². The number of nitrogens with one attached hydrogen (secondary N) is 2. The maximum Gasteiger partial charge on any atom is 0.265 e. The summed E-state index contributed by atoms with van der Waals surface area (Å²) in [5.41, 5.74) is 1.24. The molecule has 1 aliphatic heterocycles. The minimum Gasteiger partial charge on any atom is -0.508 e. The van der Waals surface area contributed by atoms with Gasteiger partial charge in [0, 0.05) is 6.54 Å². The molecule has 0 aliphatic carbocycles. The molecule has 1 heterocycles. The summed E-state index contributed by atoms with van der Waals surface area (Å²) in [5.74, 6) is 0.287. The van der Waals surface area contributed by atoms with E-state index in [9.17, 15) is 18.3 Å². The summed E-state index contributed by atoms with van der Waals surface area (Å²) in [6, 6.07) is 10.9. The number of hydrogen-bond donors (Lipinski definition) is 3. The first-order valence-electron chi connectivity index (χ1n) is 7.74. The standard InChI is InChI=1S/C17H18N2O5S/c1-11-17(21)19-15-10-14(6-7-16(15)24-11)25(22,23)18-9-8-12-2-4-13(20)5-3-12/h2-7,10-11,18,20H,8-9H2,1H3,(H,19,21). The minimum absolute atomic E-state index is 0.0513. The lowest BCUT2D eigenvalue weighted by Gasteiger charge is -2.23. The van der Waals surface area contributed by atoms with Crippen LogP contribution in [0.2, 0.25) is 0 Å². The summed E-state index contributed by atoms with van der Waals surface area (Å²) in [5, 5.41) is 11.9. The first-order chi connectivity index (χ1) is 11.8. The Balaban J connectivity index is 1.69. The molecule has 7 nitrogen and oxygen atoms in total. The van der Waals surface area contributed by atoms with E-state index in [0.29, 0.717) is 17.9 Å². The molecule has 1 atom stereocenters. The summed E-state index contributed by atoms with van der Waals surface area (Å²) < 4.78 is 32.7. The number of carbonyl (C=O) groups is 1. The number of fused-ring (bicyclic) bond motifs is 1. The average molecular weight is 362 g/mol. The lowest BCUT2D eigenvalue weighted by atomic mass is 10.1. The molecule has 8 heteroatoms. The van der Waals surface area contributed by atoms with Gasteiger partial charge in [0.05, 0.1) is 10.6 Å². The van der Waals surface area contributed by atoms with Crippen LogP contribution in [0.4, 0.5) is 5.69 Å². The second-order valence-electron chi connectivity index (χ2n) is 5.72. The normalized spacial score (nSPS) is 16.7. The van der Waals surface area contributed by atoms with Gasteiger partial charge < -0.3 is 15.2 Å². The molecule has 1 unspecified atom stereocenters. The molecule has 1 amide bonds. The molecule has 0 saturated carbocycles. The monoisotopic (exact) mass is 362 g/mol. The van der Waals surface area contributed by atoms with Crippen molar-refractivity contribution in [3.05, 3.63) is 48.0 Å². The van der Waals surface area contributed by atoms with E-state index in [1.165, 1.54) is 18.2 Å². The van der Waals surface area contributed by atoms with Crippen LogP contribution in [0.25, 0.3) is 0 Å². The maximum absolute atomic E-state index is 12.4. The highest BCUT2D eigenvalue weighted by atomic mass is 32.2. The van der Waals surface area contributed by atoms with Crippen molar-refractivity contribution in [2.75, 3.05) is 11.9 Å². The Morgan fingerprint density at radius 2 is 1.92 bits per heavy atom. The summed E-state index contributed by atoms with van der Waals surface area (Å²) in [6.07, 6.45) is -0.125. The van der Waals surface area contributed by atoms with Gasteiger partial charge in [0.1, 0.15) is 11.5 Å². The van der Waals surface area contributed by atoms with Crippen LogP contribution in [0.5, 0.6) is 11.5 Å². The van der Waals surface area contributed by atoms with Crippen molar-refractivity contribution in [3.63, 3.8) is 0 Å². The van der Waals surface area contributed by atoms with E-state index in [2.05, 4.69) is 10.0 Å². The number of sulfonamides is 1. The van der Waals surface area contributed by atoms with Crippen molar-refractivity contribution in [1.82, 2.24) is 4.72 Å². The molecule has 0 aromatic heterocycles. The summed E-state index contributed by atoms with van der Waals surface area (Å²) in [7, 11) is -3.71. The van der Waals surface area contributed by atoms with E-state index in [4.69, 9.17) is 4.74 Å². The first-order valence-corrected chi connectivity index (χ1v) is 9.22. The van der Waals surface area contributed by atoms with Crippen LogP contribution in [0, 0.1) is 0 Å². The number of amides is 1. The summed E-state index contributed by atoms with van der Waals surface area (Å²) in [4.78, 5) is 11.7. The Labute approximate surface area is 145 Å². The molecule has 2 aromatic carbocycles. The fraction of sp³-hybridized carbons (Fsp3) is 0.235. The van der Waals surface area contributed by atoms with Crippen LogP contribution in [-0.2, 0) is 21.2 Å². The number of carbonyl (C=O) groups excluding carboxylic acids is 1. The zero-order chi connectivity index (χ0) is 18.0. The Bertz CT molecular complexity index is 894. The van der Waals surface area contributed by atoms with Gasteiger partial charge in [-0.25, -0.2) is 13.1 Å². The Kier molecular flexibility index (Phi) is 4.65. The number of phenols is 1. The molecule has 1 aliphatic rings. The summed E-state index contributed by atoms with van der Waals surface area (Å²) in [6.45, 7) is 1.83. The molecule has 3 N–H and O–H groups in total. The molecule has 132 valence electrons. The number of rotatable bonds is 5. The van der Waals surface area contributed by atoms with Gasteiger partial charge in [0.15, 0.2) is 6.10 Å². The van der Waals surface area contributed by atoms with Crippen LogP contribution in [0.1, 0.15) is 12.5 Å². The molecule has 3 rings (SSSR count). The second kappa shape index (κ2) is 6.73. The number of phenolic OH excluding ortho intramolecular Hbond substituents is 1. The van der Waals surface area contributed by atoms with Gasteiger partial charge in [0.2, 0.25) is 10.0 Å². The van der Waals surface area contributed by atoms with E-state index in [0.717, 1.165) is 5.56 Å². The minimum atomic E-state index is -3.71. The SMILES string of the molecule is CC1Oc2ccc(S(=O)(=O)NCCc3ccc(O)cc3)cc2NC1=O. The van der Waals surface area contributed by atoms with Gasteiger partial charge in [-0.1, -0.05) is 12.1 Å². The molecule has 0 fully saturated rings. The van der Waals surface area contributed by atoms with Crippen LogP contribution in [0.15, 0.2) is 47.4 Å². The van der Waals surface area contributed by atoms with Crippen molar-refractivity contribution in [3.8, 4) is 11.5 Å².